The van der Waals surface area contributed by atoms with Gasteiger partial charge in [-0.05, 0) is 297 Å². The Kier molecular flexibility index (Phi) is 33.2. The summed E-state index contributed by atoms with van der Waals surface area (Å²) in [5.74, 6) is -3.39. The fourth-order valence-electron chi connectivity index (χ4n) is 26.2. The molecule has 7 aromatic carbocycles. The quantitative estimate of drug-likeness (QED) is 0.00653. The molecule has 738 valence electrons. The SMILES string of the molecule is C=CCCO[Si](OCCOC(=O)C(C)(CC(C)(C)C(=O)OC1(C(C)C)C2CC3CC(C2)CC1C3)CC(C)(CC(C)(CC(C)(CC1CCO[Si](c2ccccc2)(c2ccccc2)OCCOC(=O)C(C)(CC)C1)C(=O)OCCO[Si](OCCC=C)(c1ccccc1)c1ccccc1)C(=O)OC1(C(C)C)C2CC3CC(C2)CC1C3)C(=O)Oc1ccc(S(=O)(=O)[O-])cc1)(c1ccccc1)c1ccccc1. The Morgan fingerprint density at radius 3 is 1.20 bits per heavy atom. The van der Waals surface area contributed by atoms with E-state index >= 15 is 28.8 Å². The van der Waals surface area contributed by atoms with E-state index in [9.17, 15) is 13.0 Å². The van der Waals surface area contributed by atoms with E-state index in [1.807, 2.05) is 196 Å². The molecular weight excluding hydrogens is 1800 g/mol. The molecular formula is C112H145O21SSi3-. The number of esters is 6. The lowest BCUT2D eigenvalue weighted by atomic mass is 9.47. The standard InChI is InChI=1S/C112H146O21SSi3/c1-15-18-55-125-135(93-38-26-20-27-39-93,94-40-28-21-29-41-94)128-62-59-123-101(115)107(11,75-82-54-57-127-137(97-46-34-24-35-47-97,98-48-36-25-37-49-98)130-61-58-122-100(114)106(10,17-3)74-82)77-110(14,104(118)133-112(81(6)7)89-70-85-65-86(72-89)73-90(112)71-85)79-109(13,103(117)131-91-50-52-92(53-51-91)134(119,120)121)78-108(12,76-105(8,9)99(113)132-111(80(4)5)87-66-83-64-84(68-87)69-88(111)67-83)102(116)124-60-63-129-136(126-56-19-16-2,95-42-30-22-31-43-95)96-44-32-23-33-45-96/h15-16,20-53,80-90H,1-2,17-19,54-79H2,3-14H3,(H,119,120,121)/p-1. The zero-order valence-electron chi connectivity index (χ0n) is 82.5. The van der Waals surface area contributed by atoms with Gasteiger partial charge < -0.3 is 59.5 Å². The van der Waals surface area contributed by atoms with Gasteiger partial charge in [-0.1, -0.05) is 229 Å². The van der Waals surface area contributed by atoms with E-state index in [0.717, 1.165) is 107 Å². The molecule has 9 fully saturated rings. The summed E-state index contributed by atoms with van der Waals surface area (Å²) in [6.07, 6.45) is 12.7. The van der Waals surface area contributed by atoms with Crippen molar-refractivity contribution in [2.24, 2.45) is 97.6 Å². The van der Waals surface area contributed by atoms with Crippen LogP contribution in [0.2, 0.25) is 0 Å². The Labute approximate surface area is 816 Å². The smallest absolute Gasteiger partial charge is 0.407 e. The predicted octanol–water partition coefficient (Wildman–Crippen LogP) is 17.8. The third-order valence-corrected chi connectivity index (χ3v) is 42.9. The van der Waals surface area contributed by atoms with Crippen molar-refractivity contribution in [2.45, 2.75) is 228 Å². The van der Waals surface area contributed by atoms with Crippen LogP contribution in [0.1, 0.15) is 212 Å². The van der Waals surface area contributed by atoms with Gasteiger partial charge in [-0.3, -0.25) is 28.8 Å². The summed E-state index contributed by atoms with van der Waals surface area (Å²) in [6, 6.07) is 62.9. The maximum Gasteiger partial charge on any atom is 0.407 e. The van der Waals surface area contributed by atoms with Gasteiger partial charge in [-0.2, -0.15) is 0 Å². The summed E-state index contributed by atoms with van der Waals surface area (Å²) in [4.78, 5) is 100. The number of carbonyl (C=O) groups is 6. The van der Waals surface area contributed by atoms with Gasteiger partial charge in [0.25, 0.3) is 0 Å². The summed E-state index contributed by atoms with van der Waals surface area (Å²) < 4.78 is 123. The number of benzene rings is 7. The fraction of sp³-hybridized carbons (Fsp3) is 0.536. The van der Waals surface area contributed by atoms with E-state index in [4.69, 9.17) is 55.0 Å². The van der Waals surface area contributed by atoms with Crippen molar-refractivity contribution in [3.05, 3.63) is 232 Å². The monoisotopic (exact) mass is 1940 g/mol. The second-order valence-electron chi connectivity index (χ2n) is 43.2. The third kappa shape index (κ3) is 22.6. The Hall–Kier alpha value is -8.84. The van der Waals surface area contributed by atoms with Gasteiger partial charge in [0.1, 0.15) is 46.9 Å². The highest BCUT2D eigenvalue weighted by Crippen LogP contribution is 2.65. The van der Waals surface area contributed by atoms with Crippen molar-refractivity contribution in [3.63, 3.8) is 0 Å². The molecule has 8 aliphatic carbocycles. The minimum absolute atomic E-state index is 0.0265. The van der Waals surface area contributed by atoms with E-state index in [2.05, 4.69) is 40.9 Å². The van der Waals surface area contributed by atoms with Crippen LogP contribution in [-0.2, 0) is 89.1 Å². The van der Waals surface area contributed by atoms with E-state index in [0.29, 0.717) is 42.9 Å². The summed E-state index contributed by atoms with van der Waals surface area (Å²) in [6.45, 7) is 30.2. The third-order valence-electron chi connectivity index (χ3n) is 31.8. The van der Waals surface area contributed by atoms with Crippen LogP contribution in [0.3, 0.4) is 0 Å². The fourth-order valence-corrected chi connectivity index (χ4v) is 36.0. The maximum absolute atomic E-state index is 17.9. The first kappa shape index (κ1) is 104. The van der Waals surface area contributed by atoms with Gasteiger partial charge in [0.05, 0.1) is 57.2 Å². The highest BCUT2D eigenvalue weighted by atomic mass is 32.2. The minimum atomic E-state index is -5.03. The van der Waals surface area contributed by atoms with Crippen molar-refractivity contribution in [2.75, 3.05) is 59.5 Å². The Balaban J connectivity index is 0.924. The number of carbonyl (C=O) groups excluding carboxylic acids is 6. The average Bonchev–Trinajstić information content (AvgIpc) is 0.716. The molecule has 0 amide bonds. The molecule has 0 N–H and O–H groups in total. The Morgan fingerprint density at radius 1 is 0.460 bits per heavy atom. The van der Waals surface area contributed by atoms with E-state index < -0.39 is 145 Å². The highest BCUT2D eigenvalue weighted by molar-refractivity contribution is 7.85. The first-order valence-electron chi connectivity index (χ1n) is 50.0. The molecule has 137 heavy (non-hydrogen) atoms. The number of hydrogen-bond acceptors (Lipinski definition) is 21. The second-order valence-corrected chi connectivity index (χ2v) is 53.5. The van der Waals surface area contributed by atoms with Crippen LogP contribution >= 0.6 is 0 Å². The van der Waals surface area contributed by atoms with Gasteiger partial charge in [0.15, 0.2) is 0 Å². The summed E-state index contributed by atoms with van der Waals surface area (Å²) in [7, 11) is -16.1. The van der Waals surface area contributed by atoms with Crippen molar-refractivity contribution < 1.29 is 96.7 Å². The zero-order chi connectivity index (χ0) is 97.9. The van der Waals surface area contributed by atoms with Crippen molar-refractivity contribution in [3.8, 4) is 5.75 Å². The molecule has 7 aromatic rings. The molecule has 1 aliphatic heterocycles. The van der Waals surface area contributed by atoms with E-state index in [-0.39, 0.29) is 126 Å². The van der Waals surface area contributed by atoms with Gasteiger partial charge in [-0.25, -0.2) is 8.42 Å². The van der Waals surface area contributed by atoms with Gasteiger partial charge in [-0.15, -0.1) is 13.2 Å². The van der Waals surface area contributed by atoms with Crippen molar-refractivity contribution in [1.82, 2.24) is 0 Å². The topological polar surface area (TPSA) is 270 Å². The first-order chi connectivity index (χ1) is 65.4. The van der Waals surface area contributed by atoms with Crippen LogP contribution in [0.25, 0.3) is 0 Å². The molecule has 1 saturated heterocycles. The molecule has 25 heteroatoms. The molecule has 8 bridgehead atoms. The molecule has 6 atom stereocenters. The summed E-state index contributed by atoms with van der Waals surface area (Å²) in [5, 5.41) is 4.84. The van der Waals surface area contributed by atoms with Crippen molar-refractivity contribution in [1.29, 1.82) is 0 Å². The Morgan fingerprint density at radius 2 is 0.818 bits per heavy atom. The first-order valence-corrected chi connectivity index (χ1v) is 56.9. The molecule has 9 aliphatic rings. The molecule has 0 spiro atoms. The molecule has 0 radical (unpaired) electrons. The minimum Gasteiger partial charge on any atom is -0.744 e. The predicted molar refractivity (Wildman–Crippen MR) is 534 cm³/mol. The zero-order valence-corrected chi connectivity index (χ0v) is 86.4. The normalized spacial score (nSPS) is 26.1. The number of rotatable bonds is 44. The van der Waals surface area contributed by atoms with Crippen LogP contribution < -0.4 is 35.9 Å². The van der Waals surface area contributed by atoms with E-state index in [1.54, 1.807) is 53.7 Å². The molecule has 1 heterocycles. The molecule has 16 rings (SSSR count). The van der Waals surface area contributed by atoms with Gasteiger partial charge >= 0.3 is 61.5 Å². The van der Waals surface area contributed by atoms with Gasteiger partial charge in [0, 0.05) is 19.8 Å². The van der Waals surface area contributed by atoms with Crippen LogP contribution in [-0.4, -0.2) is 145 Å². The van der Waals surface area contributed by atoms with Crippen LogP contribution in [0.5, 0.6) is 5.75 Å². The highest BCUT2D eigenvalue weighted by Gasteiger charge is 2.66. The summed E-state index contributed by atoms with van der Waals surface area (Å²) in [5.41, 5.74) is -12.5. The lowest BCUT2D eigenvalue weighted by molar-refractivity contribution is -0.235. The molecule has 6 unspecified atom stereocenters. The number of hydrogen-bond donors (Lipinski definition) is 0. The lowest BCUT2D eigenvalue weighted by Gasteiger charge is -2.62. The number of ether oxygens (including phenoxy) is 6. The van der Waals surface area contributed by atoms with E-state index in [1.165, 1.54) is 12.1 Å². The van der Waals surface area contributed by atoms with Crippen LogP contribution in [0.4, 0.5) is 0 Å². The molecule has 21 nitrogen and oxygen atoms in total. The molecule has 8 saturated carbocycles. The van der Waals surface area contributed by atoms with Crippen molar-refractivity contribution >= 4 is 103 Å². The lowest BCUT2D eigenvalue weighted by Crippen LogP contribution is -2.64. The molecule has 0 aromatic heterocycles. The van der Waals surface area contributed by atoms with Crippen LogP contribution in [0, 0.1) is 97.6 Å². The van der Waals surface area contributed by atoms with Crippen LogP contribution in [0.15, 0.2) is 236 Å². The van der Waals surface area contributed by atoms with Gasteiger partial charge in [0.2, 0.25) is 0 Å². The maximum atomic E-state index is 17.9. The largest absolute Gasteiger partial charge is 0.744 e. The average molecular weight is 1940 g/mol. The second kappa shape index (κ2) is 43.7. The summed E-state index contributed by atoms with van der Waals surface area (Å²) >= 11 is 0. The number of cyclic esters (lactones) is 1. The Bertz CT molecular complexity index is 5200.